The highest BCUT2D eigenvalue weighted by molar-refractivity contribution is 6.30. The van der Waals surface area contributed by atoms with E-state index < -0.39 is 0 Å². The molecule has 6 heteroatoms. The molecule has 1 fully saturated rings. The van der Waals surface area contributed by atoms with Crippen LogP contribution in [0, 0.1) is 12.8 Å². The highest BCUT2D eigenvalue weighted by atomic mass is 35.5. The highest BCUT2D eigenvalue weighted by Gasteiger charge is 2.27. The molecular weight excluding hydrogens is 340 g/mol. The lowest BCUT2D eigenvalue weighted by atomic mass is 9.98. The Morgan fingerprint density at radius 1 is 1.40 bits per heavy atom. The molecular formula is C19H23ClN2O3. The van der Waals surface area contributed by atoms with Gasteiger partial charge in [-0.15, -0.1) is 0 Å². The second-order valence-corrected chi connectivity index (χ2v) is 6.79. The van der Waals surface area contributed by atoms with Gasteiger partial charge < -0.3 is 9.15 Å². The van der Waals surface area contributed by atoms with Crippen LogP contribution in [-0.4, -0.2) is 35.5 Å². The highest BCUT2D eigenvalue weighted by Crippen LogP contribution is 2.25. The molecule has 1 aromatic carbocycles. The Balaban J connectivity index is 1.68. The number of hydrogen-bond donors (Lipinski definition) is 0. The van der Waals surface area contributed by atoms with Gasteiger partial charge in [0.05, 0.1) is 18.2 Å². The number of piperidine rings is 1. The number of nitrogens with zero attached hydrogens (tertiary/aromatic N) is 2. The minimum absolute atomic E-state index is 0.0448. The molecule has 1 atom stereocenters. The molecule has 3 rings (SSSR count). The van der Waals surface area contributed by atoms with Gasteiger partial charge in [0.25, 0.3) is 0 Å². The van der Waals surface area contributed by atoms with E-state index in [0.717, 1.165) is 36.4 Å². The smallest absolute Gasteiger partial charge is 0.310 e. The number of esters is 1. The molecule has 2 heterocycles. The van der Waals surface area contributed by atoms with Crippen LogP contribution in [0.3, 0.4) is 0 Å². The maximum absolute atomic E-state index is 12.0. The first-order chi connectivity index (χ1) is 12.1. The van der Waals surface area contributed by atoms with E-state index in [0.29, 0.717) is 30.6 Å². The van der Waals surface area contributed by atoms with Gasteiger partial charge in [-0.05, 0) is 57.5 Å². The topological polar surface area (TPSA) is 55.6 Å². The van der Waals surface area contributed by atoms with Gasteiger partial charge in [-0.1, -0.05) is 11.6 Å². The molecule has 0 saturated carbocycles. The zero-order valence-electron chi connectivity index (χ0n) is 14.6. The Labute approximate surface area is 152 Å². The number of hydrogen-bond acceptors (Lipinski definition) is 5. The normalized spacial score (nSPS) is 18.3. The van der Waals surface area contributed by atoms with Crippen molar-refractivity contribution in [2.45, 2.75) is 33.2 Å². The van der Waals surface area contributed by atoms with Crippen LogP contribution >= 0.6 is 11.6 Å². The van der Waals surface area contributed by atoms with Gasteiger partial charge in [0.1, 0.15) is 5.76 Å². The van der Waals surface area contributed by atoms with Gasteiger partial charge in [-0.2, -0.15) is 0 Å². The summed E-state index contributed by atoms with van der Waals surface area (Å²) in [4.78, 5) is 18.9. The largest absolute Gasteiger partial charge is 0.466 e. The number of benzene rings is 1. The summed E-state index contributed by atoms with van der Waals surface area (Å²) >= 11 is 5.93. The van der Waals surface area contributed by atoms with Crippen LogP contribution in [0.5, 0.6) is 0 Å². The fourth-order valence-electron chi connectivity index (χ4n) is 3.15. The minimum Gasteiger partial charge on any atom is -0.466 e. The quantitative estimate of drug-likeness (QED) is 0.750. The zero-order chi connectivity index (χ0) is 17.8. The Hall–Kier alpha value is -1.85. The van der Waals surface area contributed by atoms with Crippen molar-refractivity contribution in [3.8, 4) is 11.5 Å². The third-order valence-corrected chi connectivity index (χ3v) is 4.73. The number of likely N-dealkylation sites (tertiary alicyclic amines) is 1. The maximum atomic E-state index is 12.0. The summed E-state index contributed by atoms with van der Waals surface area (Å²) in [6, 6.07) is 7.44. The second-order valence-electron chi connectivity index (χ2n) is 6.36. The number of aryl methyl sites for hydroxylation is 1. The SMILES string of the molecule is CCOC(=O)[C@@H]1CCCN(Cc2nc(-c3ccc(Cl)cc3)oc2C)C1. The van der Waals surface area contributed by atoms with Crippen molar-refractivity contribution in [1.82, 2.24) is 9.88 Å². The average Bonchev–Trinajstić information content (AvgIpc) is 2.97. The molecule has 0 bridgehead atoms. The summed E-state index contributed by atoms with van der Waals surface area (Å²) in [7, 11) is 0. The van der Waals surface area contributed by atoms with Crippen LogP contribution in [0.2, 0.25) is 5.02 Å². The predicted octanol–water partition coefficient (Wildman–Crippen LogP) is 4.08. The lowest BCUT2D eigenvalue weighted by molar-refractivity contribution is -0.150. The number of rotatable bonds is 5. The van der Waals surface area contributed by atoms with Crippen molar-refractivity contribution in [2.75, 3.05) is 19.7 Å². The van der Waals surface area contributed by atoms with Gasteiger partial charge in [0.2, 0.25) is 5.89 Å². The molecule has 25 heavy (non-hydrogen) atoms. The van der Waals surface area contributed by atoms with E-state index in [-0.39, 0.29) is 11.9 Å². The van der Waals surface area contributed by atoms with Gasteiger partial charge in [0.15, 0.2) is 0 Å². The molecule has 0 radical (unpaired) electrons. The van der Waals surface area contributed by atoms with Crippen molar-refractivity contribution in [3.05, 3.63) is 40.7 Å². The lowest BCUT2D eigenvalue weighted by Crippen LogP contribution is -2.39. The summed E-state index contributed by atoms with van der Waals surface area (Å²) in [5.74, 6) is 1.27. The monoisotopic (exact) mass is 362 g/mol. The van der Waals surface area contributed by atoms with Crippen molar-refractivity contribution < 1.29 is 13.9 Å². The maximum Gasteiger partial charge on any atom is 0.310 e. The van der Waals surface area contributed by atoms with Gasteiger partial charge >= 0.3 is 5.97 Å². The van der Waals surface area contributed by atoms with Crippen LogP contribution < -0.4 is 0 Å². The van der Waals surface area contributed by atoms with E-state index >= 15 is 0 Å². The second kappa shape index (κ2) is 8.02. The van der Waals surface area contributed by atoms with Gasteiger partial charge in [-0.3, -0.25) is 9.69 Å². The van der Waals surface area contributed by atoms with Crippen LogP contribution in [0.4, 0.5) is 0 Å². The van der Waals surface area contributed by atoms with E-state index in [4.69, 9.17) is 20.8 Å². The number of aromatic nitrogens is 1. The average molecular weight is 363 g/mol. The van der Waals surface area contributed by atoms with Crippen molar-refractivity contribution in [3.63, 3.8) is 0 Å². The minimum atomic E-state index is -0.0917. The predicted molar refractivity (Wildman–Crippen MR) is 96.3 cm³/mol. The molecule has 1 aliphatic rings. The van der Waals surface area contributed by atoms with E-state index in [1.165, 1.54) is 0 Å². The summed E-state index contributed by atoms with van der Waals surface area (Å²) in [6.07, 6.45) is 1.88. The Bertz CT molecular complexity index is 727. The van der Waals surface area contributed by atoms with Crippen LogP contribution in [0.25, 0.3) is 11.5 Å². The molecule has 1 aromatic heterocycles. The molecule has 0 spiro atoms. The fourth-order valence-corrected chi connectivity index (χ4v) is 3.28. The fraction of sp³-hybridized carbons (Fsp3) is 0.474. The number of carbonyl (C=O) groups is 1. The van der Waals surface area contributed by atoms with Crippen molar-refractivity contribution in [1.29, 1.82) is 0 Å². The molecule has 0 N–H and O–H groups in total. The zero-order valence-corrected chi connectivity index (χ0v) is 15.4. The van der Waals surface area contributed by atoms with E-state index in [1.54, 1.807) is 0 Å². The first-order valence-corrected chi connectivity index (χ1v) is 9.06. The molecule has 0 amide bonds. The summed E-state index contributed by atoms with van der Waals surface area (Å²) in [6.45, 7) is 6.55. The Kier molecular flexibility index (Phi) is 5.76. The number of carbonyl (C=O) groups excluding carboxylic acids is 1. The number of oxazole rings is 1. The van der Waals surface area contributed by atoms with E-state index in [2.05, 4.69) is 9.88 Å². The summed E-state index contributed by atoms with van der Waals surface area (Å²) < 4.78 is 11.0. The van der Waals surface area contributed by atoms with Crippen LogP contribution in [0.1, 0.15) is 31.2 Å². The third kappa shape index (κ3) is 4.41. The Morgan fingerprint density at radius 2 is 2.16 bits per heavy atom. The standard InChI is InChI=1S/C19H23ClN2O3/c1-3-24-19(23)15-5-4-10-22(11-15)12-17-13(2)25-18(21-17)14-6-8-16(20)9-7-14/h6-9,15H,3-5,10-12H2,1-2H3/t15-/m1/s1. The molecule has 5 nitrogen and oxygen atoms in total. The van der Waals surface area contributed by atoms with E-state index in [9.17, 15) is 4.79 Å². The molecule has 1 aliphatic heterocycles. The molecule has 134 valence electrons. The molecule has 0 unspecified atom stereocenters. The third-order valence-electron chi connectivity index (χ3n) is 4.48. The number of ether oxygens (including phenoxy) is 1. The van der Waals surface area contributed by atoms with Gasteiger partial charge in [-0.25, -0.2) is 4.98 Å². The first kappa shape index (κ1) is 18.0. The lowest BCUT2D eigenvalue weighted by Gasteiger charge is -2.30. The van der Waals surface area contributed by atoms with Gasteiger partial charge in [0, 0.05) is 23.7 Å². The molecule has 2 aromatic rings. The van der Waals surface area contributed by atoms with E-state index in [1.807, 2.05) is 38.1 Å². The van der Waals surface area contributed by atoms with Crippen LogP contribution in [0.15, 0.2) is 28.7 Å². The summed E-state index contributed by atoms with van der Waals surface area (Å²) in [5, 5.41) is 0.686. The summed E-state index contributed by atoms with van der Waals surface area (Å²) in [5.41, 5.74) is 1.82. The Morgan fingerprint density at radius 3 is 2.88 bits per heavy atom. The number of halogens is 1. The first-order valence-electron chi connectivity index (χ1n) is 8.68. The van der Waals surface area contributed by atoms with Crippen LogP contribution in [-0.2, 0) is 16.1 Å². The molecule has 1 saturated heterocycles. The van der Waals surface area contributed by atoms with Crippen molar-refractivity contribution >= 4 is 17.6 Å². The molecule has 0 aliphatic carbocycles. The van der Waals surface area contributed by atoms with Crippen molar-refractivity contribution in [2.24, 2.45) is 5.92 Å².